The Morgan fingerprint density at radius 3 is 2.82 bits per heavy atom. The number of amides is 2. The van der Waals surface area contributed by atoms with Crippen molar-refractivity contribution in [3.05, 3.63) is 11.8 Å². The van der Waals surface area contributed by atoms with E-state index in [0.29, 0.717) is 18.3 Å². The number of hydrogen-bond donors (Lipinski definition) is 3. The van der Waals surface area contributed by atoms with Crippen LogP contribution < -0.4 is 10.6 Å². The average Bonchev–Trinajstić information content (AvgIpc) is 2.99. The fourth-order valence-electron chi connectivity index (χ4n) is 5.15. The molecule has 28 heavy (non-hydrogen) atoms. The number of carbonyl (C=O) groups excluding carboxylic acids is 2. The maximum absolute atomic E-state index is 12.2. The van der Waals surface area contributed by atoms with Gasteiger partial charge in [-0.15, -0.1) is 0 Å². The molecule has 8 nitrogen and oxygen atoms in total. The lowest BCUT2D eigenvalue weighted by molar-refractivity contribution is -0.117. The molecule has 0 spiro atoms. The van der Waals surface area contributed by atoms with E-state index in [-0.39, 0.29) is 35.5 Å². The monoisotopic (exact) mass is 388 g/mol. The molecule has 152 valence electrons. The molecule has 0 unspecified atom stereocenters. The van der Waals surface area contributed by atoms with Gasteiger partial charge in [0.15, 0.2) is 5.82 Å². The fourth-order valence-corrected chi connectivity index (χ4v) is 5.15. The quantitative estimate of drug-likeness (QED) is 0.666. The minimum Gasteiger partial charge on any atom is -0.446 e. The van der Waals surface area contributed by atoms with Crippen LogP contribution in [0.5, 0.6) is 0 Å². The van der Waals surface area contributed by atoms with Crippen LogP contribution in [-0.4, -0.2) is 47.6 Å². The van der Waals surface area contributed by atoms with E-state index in [4.69, 9.17) is 9.47 Å². The van der Waals surface area contributed by atoms with E-state index in [1.165, 1.54) is 0 Å². The van der Waals surface area contributed by atoms with Gasteiger partial charge in [0.25, 0.3) is 0 Å². The van der Waals surface area contributed by atoms with Crippen LogP contribution >= 0.6 is 0 Å². The minimum atomic E-state index is -0.267. The number of nitrogens with one attached hydrogen (secondary N) is 3. The van der Waals surface area contributed by atoms with E-state index in [1.54, 1.807) is 7.11 Å². The highest BCUT2D eigenvalue weighted by Gasteiger charge is 2.57. The summed E-state index contributed by atoms with van der Waals surface area (Å²) in [6, 6.07) is 1.90. The van der Waals surface area contributed by atoms with E-state index in [9.17, 15) is 9.59 Å². The summed E-state index contributed by atoms with van der Waals surface area (Å²) in [5.74, 6) is 2.04. The van der Waals surface area contributed by atoms with Crippen LogP contribution in [0.25, 0.3) is 0 Å². The first kappa shape index (κ1) is 18.0. The number of hydrogen-bond acceptors (Lipinski definition) is 5. The molecule has 8 heteroatoms. The number of aromatic amines is 1. The molecule has 3 N–H and O–H groups in total. The van der Waals surface area contributed by atoms with E-state index in [2.05, 4.69) is 20.8 Å². The number of aromatic nitrogens is 2. The molecule has 4 atom stereocenters. The number of nitrogens with zero attached hydrogens (tertiary/aromatic N) is 1. The first-order valence-corrected chi connectivity index (χ1v) is 10.4. The van der Waals surface area contributed by atoms with Gasteiger partial charge >= 0.3 is 6.09 Å². The molecule has 5 aliphatic rings. The first-order chi connectivity index (χ1) is 13.5. The third-order valence-electron chi connectivity index (χ3n) is 6.99. The topological polar surface area (TPSA) is 105 Å². The second-order valence-corrected chi connectivity index (χ2v) is 9.18. The fraction of sp³-hybridized carbons (Fsp3) is 0.750. The van der Waals surface area contributed by atoms with Crippen molar-refractivity contribution in [3.63, 3.8) is 0 Å². The highest BCUT2D eigenvalue weighted by molar-refractivity contribution is 5.93. The largest absolute Gasteiger partial charge is 0.446 e. The van der Waals surface area contributed by atoms with Gasteiger partial charge in [-0.1, -0.05) is 0 Å². The average molecular weight is 388 g/mol. The van der Waals surface area contributed by atoms with Crippen molar-refractivity contribution in [1.82, 2.24) is 15.5 Å². The Morgan fingerprint density at radius 1 is 1.29 bits per heavy atom. The lowest BCUT2D eigenvalue weighted by Gasteiger charge is -2.61. The van der Waals surface area contributed by atoms with Gasteiger partial charge in [0, 0.05) is 42.9 Å². The summed E-state index contributed by atoms with van der Waals surface area (Å²) < 4.78 is 10.7. The Balaban J connectivity index is 1.08. The van der Waals surface area contributed by atoms with Crippen molar-refractivity contribution in [2.75, 3.05) is 19.0 Å². The summed E-state index contributed by atoms with van der Waals surface area (Å²) in [6.45, 7) is 0.628. The number of ether oxygens (including phenoxy) is 2. The number of alkyl carbamates (subject to hydrolysis) is 1. The molecule has 1 heterocycles. The zero-order chi connectivity index (χ0) is 19.3. The highest BCUT2D eigenvalue weighted by Crippen LogP contribution is 2.57. The number of H-pyrrole nitrogens is 1. The molecule has 2 amide bonds. The summed E-state index contributed by atoms with van der Waals surface area (Å²) >= 11 is 0. The van der Waals surface area contributed by atoms with Crippen molar-refractivity contribution in [3.8, 4) is 0 Å². The van der Waals surface area contributed by atoms with Crippen LogP contribution in [0.4, 0.5) is 10.6 Å². The number of rotatable bonds is 7. The molecule has 0 aliphatic heterocycles. The second kappa shape index (κ2) is 6.76. The third-order valence-corrected chi connectivity index (χ3v) is 6.99. The van der Waals surface area contributed by atoms with Gasteiger partial charge in [-0.05, 0) is 56.8 Å². The number of anilines is 1. The molecular weight excluding hydrogens is 360 g/mol. The van der Waals surface area contributed by atoms with E-state index in [1.807, 2.05) is 6.07 Å². The molecule has 5 aliphatic carbocycles. The predicted octanol–water partition coefficient (Wildman–Crippen LogP) is 2.55. The Kier molecular flexibility index (Phi) is 4.34. The van der Waals surface area contributed by atoms with Gasteiger partial charge in [0.2, 0.25) is 5.91 Å². The van der Waals surface area contributed by atoms with Crippen molar-refractivity contribution >= 4 is 17.8 Å². The molecule has 6 rings (SSSR count). The SMILES string of the molecule is COC[C@H]1C[C@@H]1C(=O)Nc1cc([C@H]2CC[C@@H](OC(=O)NC34CC(C3)C4)C2)[nH]n1. The van der Waals surface area contributed by atoms with Crippen LogP contribution in [0.2, 0.25) is 0 Å². The maximum atomic E-state index is 12.2. The number of carbonyl (C=O) groups is 2. The summed E-state index contributed by atoms with van der Waals surface area (Å²) in [6.07, 6.45) is 6.49. The molecule has 5 fully saturated rings. The van der Waals surface area contributed by atoms with E-state index < -0.39 is 0 Å². The molecule has 0 aromatic carbocycles. The van der Waals surface area contributed by atoms with Crippen molar-refractivity contribution in [2.24, 2.45) is 17.8 Å². The van der Waals surface area contributed by atoms with Gasteiger partial charge in [0.05, 0.1) is 0 Å². The predicted molar refractivity (Wildman–Crippen MR) is 101 cm³/mol. The lowest BCUT2D eigenvalue weighted by atomic mass is 9.50. The second-order valence-electron chi connectivity index (χ2n) is 9.18. The van der Waals surface area contributed by atoms with Crippen LogP contribution in [0, 0.1) is 17.8 Å². The molecule has 2 bridgehead atoms. The van der Waals surface area contributed by atoms with Crippen LogP contribution in [0.1, 0.15) is 56.6 Å². The van der Waals surface area contributed by atoms with Crippen LogP contribution in [0.3, 0.4) is 0 Å². The van der Waals surface area contributed by atoms with Crippen molar-refractivity contribution < 1.29 is 19.1 Å². The highest BCUT2D eigenvalue weighted by atomic mass is 16.6. The van der Waals surface area contributed by atoms with Crippen LogP contribution in [0.15, 0.2) is 6.07 Å². The molecule has 5 saturated carbocycles. The van der Waals surface area contributed by atoms with Crippen molar-refractivity contribution in [2.45, 2.75) is 62.5 Å². The molecule has 1 aromatic rings. The molecule has 0 saturated heterocycles. The van der Waals surface area contributed by atoms with Gasteiger partial charge in [0.1, 0.15) is 6.10 Å². The van der Waals surface area contributed by atoms with Gasteiger partial charge in [-0.3, -0.25) is 9.89 Å². The van der Waals surface area contributed by atoms with Crippen LogP contribution in [-0.2, 0) is 14.3 Å². The van der Waals surface area contributed by atoms with Gasteiger partial charge in [-0.2, -0.15) is 5.10 Å². The summed E-state index contributed by atoms with van der Waals surface area (Å²) in [5, 5.41) is 13.2. The Bertz CT molecular complexity index is 761. The zero-order valence-corrected chi connectivity index (χ0v) is 16.2. The lowest BCUT2D eigenvalue weighted by Crippen LogP contribution is -2.68. The Hall–Kier alpha value is -2.09. The minimum absolute atomic E-state index is 0.0120. The summed E-state index contributed by atoms with van der Waals surface area (Å²) in [5.41, 5.74) is 1.05. The summed E-state index contributed by atoms with van der Waals surface area (Å²) in [4.78, 5) is 24.4. The molecular formula is C20H28N4O4. The Morgan fingerprint density at radius 2 is 2.11 bits per heavy atom. The normalized spacial score (nSPS) is 37.5. The standard InChI is InChI=1S/C20H28N4O4/c1-27-10-13-5-15(13)18(25)21-17-6-16(23-24-17)12-2-3-14(4-12)28-19(26)22-20-7-11(8-20)9-20/h6,11-15H,2-5,7-10H2,1H3,(H,22,26)(H2,21,23,24,25)/t11?,12-,13+,14+,15-,20?/m0/s1. The number of methoxy groups -OCH3 is 1. The van der Waals surface area contributed by atoms with E-state index >= 15 is 0 Å². The van der Waals surface area contributed by atoms with E-state index in [0.717, 1.165) is 56.6 Å². The molecule has 0 radical (unpaired) electrons. The van der Waals surface area contributed by atoms with Gasteiger partial charge in [-0.25, -0.2) is 4.79 Å². The summed E-state index contributed by atoms with van der Waals surface area (Å²) in [7, 11) is 1.66. The first-order valence-electron chi connectivity index (χ1n) is 10.4. The van der Waals surface area contributed by atoms with Gasteiger partial charge < -0.3 is 20.1 Å². The Labute approximate surface area is 164 Å². The maximum Gasteiger partial charge on any atom is 0.407 e. The zero-order valence-electron chi connectivity index (χ0n) is 16.2. The third kappa shape index (κ3) is 3.38. The van der Waals surface area contributed by atoms with Crippen molar-refractivity contribution in [1.29, 1.82) is 0 Å². The smallest absolute Gasteiger partial charge is 0.407 e. The molecule has 1 aromatic heterocycles.